The van der Waals surface area contributed by atoms with Crippen LogP contribution in [0.5, 0.6) is 0 Å². The molecule has 0 unspecified atom stereocenters. The van der Waals surface area contributed by atoms with Crippen LogP contribution in [0.25, 0.3) is 0 Å². The molecule has 0 radical (unpaired) electrons. The van der Waals surface area contributed by atoms with E-state index in [1.807, 2.05) is 24.3 Å². The molecule has 0 spiro atoms. The maximum atomic E-state index is 10.5. The highest BCUT2D eigenvalue weighted by atomic mass is 16.3. The van der Waals surface area contributed by atoms with Crippen molar-refractivity contribution in [3.8, 4) is 0 Å². The van der Waals surface area contributed by atoms with Gasteiger partial charge in [-0.15, -0.1) is 0 Å². The molecule has 2 saturated carbocycles. The van der Waals surface area contributed by atoms with Gasteiger partial charge in [-0.3, -0.25) is 0 Å². The van der Waals surface area contributed by atoms with E-state index in [1.165, 1.54) is 0 Å². The minimum atomic E-state index is -0.619. The Morgan fingerprint density at radius 1 is 1.18 bits per heavy atom. The van der Waals surface area contributed by atoms with Gasteiger partial charge in [0.25, 0.3) is 0 Å². The topological polar surface area (TPSA) is 49.7 Å². The second-order valence-electron chi connectivity index (χ2n) is 5.20. The molecule has 2 aliphatic rings. The van der Waals surface area contributed by atoms with Gasteiger partial charge in [-0.05, 0) is 43.2 Å². The van der Waals surface area contributed by atoms with Crippen molar-refractivity contribution >= 4 is 6.08 Å². The van der Waals surface area contributed by atoms with E-state index >= 15 is 0 Å². The van der Waals surface area contributed by atoms with Crippen molar-refractivity contribution < 1.29 is 9.90 Å². The first kappa shape index (κ1) is 10.7. The third-order valence-electron chi connectivity index (χ3n) is 4.10. The highest BCUT2D eigenvalue weighted by Gasteiger charge is 2.44. The highest BCUT2D eigenvalue weighted by molar-refractivity contribution is 5.42. The molecule has 2 fully saturated rings. The van der Waals surface area contributed by atoms with E-state index in [0.29, 0.717) is 0 Å². The molecule has 0 amide bonds. The molecule has 1 aromatic carbocycles. The Labute approximate surface area is 100 Å². The summed E-state index contributed by atoms with van der Waals surface area (Å²) in [6, 6.07) is 7.90. The molecule has 17 heavy (non-hydrogen) atoms. The Morgan fingerprint density at radius 2 is 1.88 bits per heavy atom. The lowest BCUT2D eigenvalue weighted by Gasteiger charge is -2.37. The summed E-state index contributed by atoms with van der Waals surface area (Å²) in [6.07, 6.45) is 6.27. The predicted molar refractivity (Wildman–Crippen MR) is 63.2 cm³/mol. The summed E-state index contributed by atoms with van der Waals surface area (Å²) in [5, 5.41) is 10.1. The number of benzene rings is 1. The van der Waals surface area contributed by atoms with Crippen molar-refractivity contribution in [2.24, 2.45) is 4.99 Å². The van der Waals surface area contributed by atoms with Crippen molar-refractivity contribution in [3.05, 3.63) is 35.4 Å². The Morgan fingerprint density at radius 3 is 2.41 bits per heavy atom. The zero-order chi connectivity index (χ0) is 11.9. The second kappa shape index (κ2) is 3.52. The number of isocyanates is 1. The Kier molecular flexibility index (Phi) is 2.22. The molecule has 0 aromatic heterocycles. The average molecular weight is 229 g/mol. The van der Waals surface area contributed by atoms with Gasteiger partial charge in [-0.2, -0.15) is 4.99 Å². The SMILES string of the molecule is O=C=NC1(c2cccc(C3(O)CC3)c2)CCC1. The maximum absolute atomic E-state index is 10.5. The van der Waals surface area contributed by atoms with Crippen LogP contribution < -0.4 is 0 Å². The molecular weight excluding hydrogens is 214 g/mol. The van der Waals surface area contributed by atoms with Crippen molar-refractivity contribution in [3.63, 3.8) is 0 Å². The number of hydrogen-bond donors (Lipinski definition) is 1. The normalized spacial score (nSPS) is 23.4. The molecule has 1 N–H and O–H groups in total. The maximum Gasteiger partial charge on any atom is 0.235 e. The van der Waals surface area contributed by atoms with E-state index in [2.05, 4.69) is 4.99 Å². The van der Waals surface area contributed by atoms with Gasteiger partial charge >= 0.3 is 0 Å². The number of aliphatic hydroxyl groups is 1. The van der Waals surface area contributed by atoms with Crippen molar-refractivity contribution in [2.75, 3.05) is 0 Å². The van der Waals surface area contributed by atoms with Gasteiger partial charge in [-0.1, -0.05) is 24.3 Å². The number of hydrogen-bond acceptors (Lipinski definition) is 3. The van der Waals surface area contributed by atoms with Gasteiger partial charge in [0.2, 0.25) is 6.08 Å². The minimum Gasteiger partial charge on any atom is -0.385 e. The quantitative estimate of drug-likeness (QED) is 0.639. The molecule has 88 valence electrons. The summed E-state index contributed by atoms with van der Waals surface area (Å²) in [7, 11) is 0. The van der Waals surface area contributed by atoms with Crippen LogP contribution in [0.3, 0.4) is 0 Å². The van der Waals surface area contributed by atoms with Crippen LogP contribution in [0.15, 0.2) is 29.3 Å². The molecule has 0 aliphatic heterocycles. The first-order valence-corrected chi connectivity index (χ1v) is 6.11. The van der Waals surface area contributed by atoms with Gasteiger partial charge in [0.15, 0.2) is 0 Å². The fourth-order valence-electron chi connectivity index (χ4n) is 2.57. The summed E-state index contributed by atoms with van der Waals surface area (Å²) in [4.78, 5) is 14.5. The molecule has 0 atom stereocenters. The zero-order valence-corrected chi connectivity index (χ0v) is 9.65. The molecule has 3 heteroatoms. The predicted octanol–water partition coefficient (Wildman–Crippen LogP) is 2.38. The Hall–Kier alpha value is -1.44. The van der Waals surface area contributed by atoms with Crippen LogP contribution in [0.2, 0.25) is 0 Å². The third kappa shape index (κ3) is 1.63. The van der Waals surface area contributed by atoms with Crippen LogP contribution >= 0.6 is 0 Å². The van der Waals surface area contributed by atoms with Crippen LogP contribution in [0, 0.1) is 0 Å². The number of carbonyl (C=O) groups excluding carboxylic acids is 1. The van der Waals surface area contributed by atoms with E-state index in [1.54, 1.807) is 6.08 Å². The lowest BCUT2D eigenvalue weighted by atomic mass is 9.72. The third-order valence-corrected chi connectivity index (χ3v) is 4.10. The minimum absolute atomic E-state index is 0.358. The van der Waals surface area contributed by atoms with E-state index in [-0.39, 0.29) is 5.54 Å². The van der Waals surface area contributed by atoms with E-state index < -0.39 is 5.60 Å². The van der Waals surface area contributed by atoms with E-state index in [0.717, 1.165) is 43.2 Å². The van der Waals surface area contributed by atoms with E-state index in [9.17, 15) is 9.90 Å². The molecule has 3 nitrogen and oxygen atoms in total. The smallest absolute Gasteiger partial charge is 0.235 e. The fraction of sp³-hybridized carbons (Fsp3) is 0.500. The van der Waals surface area contributed by atoms with Gasteiger partial charge in [0.1, 0.15) is 0 Å². The molecule has 1 aromatic rings. The summed E-state index contributed by atoms with van der Waals surface area (Å²) in [5.41, 5.74) is 1.03. The lowest BCUT2D eigenvalue weighted by Crippen LogP contribution is -2.32. The van der Waals surface area contributed by atoms with Crippen LogP contribution in [0.1, 0.15) is 43.2 Å². The Bertz CT molecular complexity index is 495. The monoisotopic (exact) mass is 229 g/mol. The van der Waals surface area contributed by atoms with Crippen molar-refractivity contribution in [2.45, 2.75) is 43.2 Å². The van der Waals surface area contributed by atoms with Gasteiger partial charge in [0, 0.05) is 0 Å². The average Bonchev–Trinajstić information content (AvgIpc) is 3.04. The van der Waals surface area contributed by atoms with Gasteiger partial charge < -0.3 is 5.11 Å². The van der Waals surface area contributed by atoms with Crippen molar-refractivity contribution in [1.82, 2.24) is 0 Å². The summed E-state index contributed by atoms with van der Waals surface area (Å²) in [6.45, 7) is 0. The lowest BCUT2D eigenvalue weighted by molar-refractivity contribution is 0.151. The first-order valence-electron chi connectivity index (χ1n) is 6.11. The largest absolute Gasteiger partial charge is 0.385 e. The standard InChI is InChI=1S/C14H15NO2/c16-10-15-13(5-2-6-13)11-3-1-4-12(9-11)14(17)7-8-14/h1,3-4,9,17H,2,5-8H2. The molecule has 0 heterocycles. The van der Waals surface area contributed by atoms with Crippen molar-refractivity contribution in [1.29, 1.82) is 0 Å². The van der Waals surface area contributed by atoms with Crippen LogP contribution in [-0.4, -0.2) is 11.2 Å². The molecular formula is C14H15NO2. The first-order chi connectivity index (χ1) is 8.19. The molecule has 2 aliphatic carbocycles. The molecule has 3 rings (SSSR count). The number of nitrogens with zero attached hydrogens (tertiary/aromatic N) is 1. The van der Waals surface area contributed by atoms with Gasteiger partial charge in [0.05, 0.1) is 11.1 Å². The number of rotatable bonds is 3. The molecule has 0 bridgehead atoms. The Balaban J connectivity index is 2.00. The fourth-order valence-corrected chi connectivity index (χ4v) is 2.57. The van der Waals surface area contributed by atoms with Crippen LogP contribution in [0.4, 0.5) is 0 Å². The van der Waals surface area contributed by atoms with Crippen LogP contribution in [-0.2, 0) is 15.9 Å². The summed E-state index contributed by atoms with van der Waals surface area (Å²) < 4.78 is 0. The zero-order valence-electron chi connectivity index (χ0n) is 9.65. The summed E-state index contributed by atoms with van der Waals surface area (Å²) >= 11 is 0. The summed E-state index contributed by atoms with van der Waals surface area (Å²) in [5.74, 6) is 0. The second-order valence-corrected chi connectivity index (χ2v) is 5.20. The van der Waals surface area contributed by atoms with Gasteiger partial charge in [-0.25, -0.2) is 4.79 Å². The number of aliphatic imine (C=N–C) groups is 1. The van der Waals surface area contributed by atoms with E-state index in [4.69, 9.17) is 0 Å². The highest BCUT2D eigenvalue weighted by Crippen LogP contribution is 2.49. The molecule has 0 saturated heterocycles.